The maximum atomic E-state index is 3.56. The lowest BCUT2D eigenvalue weighted by molar-refractivity contribution is 0.275. The minimum Gasteiger partial charge on any atom is -0.298 e. The van der Waals surface area contributed by atoms with Gasteiger partial charge in [-0.3, -0.25) is 4.90 Å². The van der Waals surface area contributed by atoms with Gasteiger partial charge in [-0.1, -0.05) is 85.3 Å². The monoisotopic (exact) mass is 325 g/mol. The summed E-state index contributed by atoms with van der Waals surface area (Å²) in [6.45, 7) is 5.73. The van der Waals surface area contributed by atoms with E-state index in [0.29, 0.717) is 0 Å². The lowest BCUT2D eigenvalue weighted by atomic mass is 10.1. The van der Waals surface area contributed by atoms with Gasteiger partial charge in [0.05, 0.1) is 0 Å². The van der Waals surface area contributed by atoms with E-state index in [4.69, 9.17) is 0 Å². The summed E-state index contributed by atoms with van der Waals surface area (Å²) in [4.78, 5) is 2.56. The number of rotatable bonds is 11. The summed E-state index contributed by atoms with van der Waals surface area (Å²) in [6.07, 6.45) is 8.27. The number of unbranched alkanes of at least 4 members (excludes halogenated alkanes) is 5. The largest absolute Gasteiger partial charge is 0.298 e. The lowest BCUT2D eigenvalue weighted by Gasteiger charge is -2.21. The first kappa shape index (κ1) is 16.7. The fraction of sp³-hybridized carbons (Fsp3) is 0.647. The Morgan fingerprint density at radius 1 is 0.895 bits per heavy atom. The van der Waals surface area contributed by atoms with Gasteiger partial charge in [0.25, 0.3) is 0 Å². The molecule has 0 aliphatic carbocycles. The van der Waals surface area contributed by atoms with Gasteiger partial charge in [-0.05, 0) is 18.5 Å². The van der Waals surface area contributed by atoms with Gasteiger partial charge in [0, 0.05) is 18.4 Å². The summed E-state index contributed by atoms with van der Waals surface area (Å²) in [5.74, 6) is 0. The first-order valence-corrected chi connectivity index (χ1v) is 8.81. The molecule has 19 heavy (non-hydrogen) atoms. The summed E-state index contributed by atoms with van der Waals surface area (Å²) in [6, 6.07) is 10.8. The van der Waals surface area contributed by atoms with Crippen molar-refractivity contribution in [1.82, 2.24) is 4.90 Å². The Labute approximate surface area is 127 Å². The van der Waals surface area contributed by atoms with Crippen molar-refractivity contribution in [3.05, 3.63) is 35.9 Å². The van der Waals surface area contributed by atoms with E-state index in [-0.39, 0.29) is 0 Å². The molecule has 0 unspecified atom stereocenters. The fourth-order valence-corrected chi connectivity index (χ4v) is 2.85. The Morgan fingerprint density at radius 3 is 2.26 bits per heavy atom. The second-order valence-corrected chi connectivity index (χ2v) is 6.01. The highest BCUT2D eigenvalue weighted by Crippen LogP contribution is 2.09. The van der Waals surface area contributed by atoms with Crippen molar-refractivity contribution in [1.29, 1.82) is 0 Å². The summed E-state index contributed by atoms with van der Waals surface area (Å²) >= 11 is 3.56. The molecular formula is C17H28BrN. The molecule has 0 saturated carbocycles. The second-order valence-electron chi connectivity index (χ2n) is 5.22. The Bertz CT molecular complexity index is 299. The summed E-state index contributed by atoms with van der Waals surface area (Å²) in [5, 5.41) is 1.07. The molecule has 0 aromatic heterocycles. The van der Waals surface area contributed by atoms with Crippen molar-refractivity contribution < 1.29 is 0 Å². The minimum atomic E-state index is 1.07. The molecule has 0 amide bonds. The van der Waals surface area contributed by atoms with Crippen LogP contribution >= 0.6 is 15.9 Å². The summed E-state index contributed by atoms with van der Waals surface area (Å²) in [5.41, 5.74) is 1.43. The van der Waals surface area contributed by atoms with Crippen LogP contribution in [-0.4, -0.2) is 23.3 Å². The zero-order valence-corrected chi connectivity index (χ0v) is 13.9. The van der Waals surface area contributed by atoms with Crippen LogP contribution in [0.25, 0.3) is 0 Å². The van der Waals surface area contributed by atoms with E-state index in [1.165, 1.54) is 50.6 Å². The predicted octanol–water partition coefficient (Wildman–Crippen LogP) is 5.24. The molecule has 1 nitrogen and oxygen atoms in total. The Hall–Kier alpha value is -0.340. The van der Waals surface area contributed by atoms with Crippen molar-refractivity contribution in [3.63, 3.8) is 0 Å². The molecule has 0 saturated heterocycles. The highest BCUT2D eigenvalue weighted by Gasteiger charge is 2.04. The molecule has 0 atom stereocenters. The average Bonchev–Trinajstić information content (AvgIpc) is 2.44. The van der Waals surface area contributed by atoms with Gasteiger partial charge in [0.15, 0.2) is 0 Å². The minimum absolute atomic E-state index is 1.07. The summed E-state index contributed by atoms with van der Waals surface area (Å²) in [7, 11) is 0. The smallest absolute Gasteiger partial charge is 0.0234 e. The molecule has 108 valence electrons. The van der Waals surface area contributed by atoms with E-state index in [2.05, 4.69) is 58.1 Å². The van der Waals surface area contributed by atoms with Crippen molar-refractivity contribution in [2.75, 3.05) is 18.4 Å². The number of hydrogen-bond donors (Lipinski definition) is 0. The van der Waals surface area contributed by atoms with Crippen LogP contribution in [0.2, 0.25) is 0 Å². The van der Waals surface area contributed by atoms with E-state index in [9.17, 15) is 0 Å². The van der Waals surface area contributed by atoms with Gasteiger partial charge < -0.3 is 0 Å². The molecule has 0 spiro atoms. The van der Waals surface area contributed by atoms with E-state index >= 15 is 0 Å². The number of halogens is 1. The molecule has 1 rings (SSSR count). The zero-order valence-electron chi connectivity index (χ0n) is 12.3. The Balaban J connectivity index is 2.21. The average molecular weight is 326 g/mol. The Kier molecular flexibility index (Phi) is 10.1. The molecule has 1 aromatic rings. The number of alkyl halides is 1. The van der Waals surface area contributed by atoms with Crippen LogP contribution in [0.4, 0.5) is 0 Å². The van der Waals surface area contributed by atoms with E-state index in [1.54, 1.807) is 0 Å². The van der Waals surface area contributed by atoms with Crippen LogP contribution in [-0.2, 0) is 6.54 Å². The van der Waals surface area contributed by atoms with Crippen LogP contribution in [0.5, 0.6) is 0 Å². The first-order valence-electron chi connectivity index (χ1n) is 7.69. The van der Waals surface area contributed by atoms with Crippen molar-refractivity contribution in [2.45, 2.75) is 52.0 Å². The van der Waals surface area contributed by atoms with Gasteiger partial charge in [-0.15, -0.1) is 0 Å². The van der Waals surface area contributed by atoms with Gasteiger partial charge in [0.1, 0.15) is 0 Å². The van der Waals surface area contributed by atoms with Gasteiger partial charge in [-0.25, -0.2) is 0 Å². The standard InChI is InChI=1S/C17H28BrN/c1-2-3-4-5-6-10-14-19(15-13-18)16-17-11-8-7-9-12-17/h7-9,11-12H,2-6,10,13-16H2,1H3. The molecule has 0 radical (unpaired) electrons. The predicted molar refractivity (Wildman–Crippen MR) is 88.9 cm³/mol. The molecule has 0 aliphatic heterocycles. The van der Waals surface area contributed by atoms with Crippen molar-refractivity contribution in [3.8, 4) is 0 Å². The van der Waals surface area contributed by atoms with Gasteiger partial charge >= 0.3 is 0 Å². The molecule has 0 aliphatic rings. The third kappa shape index (κ3) is 8.43. The highest BCUT2D eigenvalue weighted by molar-refractivity contribution is 9.09. The fourth-order valence-electron chi connectivity index (χ4n) is 2.35. The van der Waals surface area contributed by atoms with Crippen LogP contribution < -0.4 is 0 Å². The molecule has 0 fully saturated rings. The normalized spacial score (nSPS) is 11.1. The topological polar surface area (TPSA) is 3.24 Å². The van der Waals surface area contributed by atoms with E-state index in [0.717, 1.165) is 18.4 Å². The molecule has 0 heterocycles. The van der Waals surface area contributed by atoms with Crippen molar-refractivity contribution >= 4 is 15.9 Å². The Morgan fingerprint density at radius 2 is 1.58 bits per heavy atom. The van der Waals surface area contributed by atoms with Crippen molar-refractivity contribution in [2.24, 2.45) is 0 Å². The molecule has 0 bridgehead atoms. The molecule has 1 aromatic carbocycles. The zero-order chi connectivity index (χ0) is 13.8. The van der Waals surface area contributed by atoms with Gasteiger partial charge in [-0.2, -0.15) is 0 Å². The third-order valence-electron chi connectivity index (χ3n) is 3.48. The maximum absolute atomic E-state index is 3.56. The van der Waals surface area contributed by atoms with Crippen LogP contribution in [0.1, 0.15) is 51.0 Å². The van der Waals surface area contributed by atoms with Crippen LogP contribution in [0, 0.1) is 0 Å². The number of benzene rings is 1. The van der Waals surface area contributed by atoms with E-state index in [1.807, 2.05) is 0 Å². The molecule has 2 heteroatoms. The van der Waals surface area contributed by atoms with Crippen LogP contribution in [0.3, 0.4) is 0 Å². The van der Waals surface area contributed by atoms with E-state index < -0.39 is 0 Å². The quantitative estimate of drug-likeness (QED) is 0.397. The van der Waals surface area contributed by atoms with Crippen LogP contribution in [0.15, 0.2) is 30.3 Å². The third-order valence-corrected chi connectivity index (χ3v) is 3.83. The lowest BCUT2D eigenvalue weighted by Crippen LogP contribution is -2.26. The first-order chi connectivity index (χ1) is 9.36. The number of nitrogens with zero attached hydrogens (tertiary/aromatic N) is 1. The second kappa shape index (κ2) is 11.5. The molecule has 0 N–H and O–H groups in total. The maximum Gasteiger partial charge on any atom is 0.0234 e. The van der Waals surface area contributed by atoms with Gasteiger partial charge in [0.2, 0.25) is 0 Å². The SMILES string of the molecule is CCCCCCCCN(CCBr)Cc1ccccc1. The highest BCUT2D eigenvalue weighted by atomic mass is 79.9. The summed E-state index contributed by atoms with van der Waals surface area (Å²) < 4.78 is 0. The number of hydrogen-bond acceptors (Lipinski definition) is 1. The molecular weight excluding hydrogens is 298 g/mol.